The molecular formula is C24H24F3NO3. The fraction of sp³-hybridized carbons (Fsp3) is 0.292. The molecule has 0 saturated carbocycles. The van der Waals surface area contributed by atoms with Gasteiger partial charge >= 0.3 is 6.18 Å². The Bertz CT molecular complexity index is 1080. The van der Waals surface area contributed by atoms with Crippen molar-refractivity contribution in [1.82, 2.24) is 0 Å². The average Bonchev–Trinajstić information content (AvgIpc) is 2.75. The molecule has 0 aliphatic heterocycles. The highest BCUT2D eigenvalue weighted by molar-refractivity contribution is 6.12. The van der Waals surface area contributed by atoms with Crippen LogP contribution < -0.4 is 4.90 Å². The minimum absolute atomic E-state index is 0.430. The number of alkyl halides is 3. The van der Waals surface area contributed by atoms with Crippen molar-refractivity contribution in [2.24, 2.45) is 0 Å². The summed E-state index contributed by atoms with van der Waals surface area (Å²) in [7, 11) is 2.85. The van der Waals surface area contributed by atoms with Crippen molar-refractivity contribution < 1.29 is 27.4 Å². The molecule has 0 bridgehead atoms. The number of hydrogen-bond acceptors (Lipinski definition) is 3. The van der Waals surface area contributed by atoms with Gasteiger partial charge in [-0.1, -0.05) is 48.5 Å². The number of carbonyl (C=O) groups excluding carboxylic acids is 1. The first-order valence-corrected chi connectivity index (χ1v) is 9.74. The number of hydrogen-bond donors (Lipinski definition) is 0. The molecule has 0 radical (unpaired) electrons. The van der Waals surface area contributed by atoms with Crippen LogP contribution in [0.4, 0.5) is 18.9 Å². The van der Waals surface area contributed by atoms with E-state index in [4.69, 9.17) is 9.47 Å². The number of fused-ring (bicyclic) bond motifs is 1. The summed E-state index contributed by atoms with van der Waals surface area (Å²) >= 11 is 0. The maximum absolute atomic E-state index is 13.7. The fourth-order valence-corrected chi connectivity index (χ4v) is 3.83. The van der Waals surface area contributed by atoms with Crippen LogP contribution in [0.25, 0.3) is 10.8 Å². The molecule has 7 heteroatoms. The zero-order valence-corrected chi connectivity index (χ0v) is 17.7. The first-order valence-electron chi connectivity index (χ1n) is 9.74. The third-order valence-electron chi connectivity index (χ3n) is 5.29. The SMILES string of the molecule is COC(OC)C(C)N(C(=O)c1ccccc1C(F)(F)F)c1c(C)ccc2ccccc12. The summed E-state index contributed by atoms with van der Waals surface area (Å²) in [6.45, 7) is 3.51. The molecule has 0 aliphatic rings. The maximum atomic E-state index is 13.7. The summed E-state index contributed by atoms with van der Waals surface area (Å²) in [6.07, 6.45) is -5.52. The van der Waals surface area contributed by atoms with E-state index in [1.54, 1.807) is 6.92 Å². The summed E-state index contributed by atoms with van der Waals surface area (Å²) in [4.78, 5) is 15.0. The van der Waals surface area contributed by atoms with Gasteiger partial charge < -0.3 is 9.47 Å². The molecule has 0 N–H and O–H groups in total. The summed E-state index contributed by atoms with van der Waals surface area (Å²) in [5.41, 5.74) is -0.150. The first-order chi connectivity index (χ1) is 14.7. The number of benzene rings is 3. The second kappa shape index (κ2) is 9.08. The highest BCUT2D eigenvalue weighted by atomic mass is 19.4. The highest BCUT2D eigenvalue weighted by Crippen LogP contribution is 2.37. The van der Waals surface area contributed by atoms with Gasteiger partial charge in [0, 0.05) is 19.6 Å². The van der Waals surface area contributed by atoms with Crippen LogP contribution in [0.2, 0.25) is 0 Å². The smallest absolute Gasteiger partial charge is 0.354 e. The summed E-state index contributed by atoms with van der Waals surface area (Å²) < 4.78 is 51.8. The van der Waals surface area contributed by atoms with Gasteiger partial charge in [-0.25, -0.2) is 0 Å². The van der Waals surface area contributed by atoms with Crippen molar-refractivity contribution in [3.05, 3.63) is 77.4 Å². The topological polar surface area (TPSA) is 38.8 Å². The van der Waals surface area contributed by atoms with Crippen molar-refractivity contribution in [1.29, 1.82) is 0 Å². The van der Waals surface area contributed by atoms with Crippen LogP contribution in [-0.2, 0) is 15.7 Å². The lowest BCUT2D eigenvalue weighted by Gasteiger charge is -2.35. The molecule has 0 aromatic heterocycles. The monoisotopic (exact) mass is 431 g/mol. The van der Waals surface area contributed by atoms with Crippen LogP contribution in [0.1, 0.15) is 28.4 Å². The Morgan fingerprint density at radius 3 is 2.19 bits per heavy atom. The Labute approximate surface area is 179 Å². The molecule has 164 valence electrons. The van der Waals surface area contributed by atoms with Crippen molar-refractivity contribution in [3.63, 3.8) is 0 Å². The molecule has 4 nitrogen and oxygen atoms in total. The Kier molecular flexibility index (Phi) is 6.67. The van der Waals surface area contributed by atoms with Gasteiger partial charge in [0.2, 0.25) is 0 Å². The van der Waals surface area contributed by atoms with Crippen molar-refractivity contribution >= 4 is 22.4 Å². The van der Waals surface area contributed by atoms with Crippen molar-refractivity contribution in [2.45, 2.75) is 32.4 Å². The normalized spacial score (nSPS) is 12.9. The Balaban J connectivity index is 2.28. The van der Waals surface area contributed by atoms with Crippen molar-refractivity contribution in [3.8, 4) is 0 Å². The molecule has 1 amide bonds. The van der Waals surface area contributed by atoms with Crippen LogP contribution in [-0.4, -0.2) is 32.5 Å². The van der Waals surface area contributed by atoms with Gasteiger partial charge in [-0.2, -0.15) is 13.2 Å². The van der Waals surface area contributed by atoms with Crippen LogP contribution in [0.15, 0.2) is 60.7 Å². The van der Waals surface area contributed by atoms with E-state index in [2.05, 4.69) is 0 Å². The van der Waals surface area contributed by atoms with E-state index >= 15 is 0 Å². The number of ether oxygens (including phenoxy) is 2. The number of carbonyl (C=O) groups is 1. The van der Waals surface area contributed by atoms with Gasteiger partial charge in [-0.05, 0) is 36.9 Å². The predicted molar refractivity (Wildman–Crippen MR) is 114 cm³/mol. The van der Waals surface area contributed by atoms with Crippen LogP contribution in [0.3, 0.4) is 0 Å². The van der Waals surface area contributed by atoms with Gasteiger partial charge in [-0.15, -0.1) is 0 Å². The number of nitrogens with zero attached hydrogens (tertiary/aromatic N) is 1. The van der Waals surface area contributed by atoms with Crippen LogP contribution in [0, 0.1) is 6.92 Å². The molecule has 0 spiro atoms. The van der Waals surface area contributed by atoms with E-state index in [0.29, 0.717) is 5.69 Å². The number of methoxy groups -OCH3 is 2. The quantitative estimate of drug-likeness (QED) is 0.462. The zero-order chi connectivity index (χ0) is 22.8. The van der Waals surface area contributed by atoms with E-state index in [9.17, 15) is 18.0 Å². The van der Waals surface area contributed by atoms with Crippen molar-refractivity contribution in [2.75, 3.05) is 19.1 Å². The minimum Gasteiger partial charge on any atom is -0.354 e. The first kappa shape index (κ1) is 22.8. The predicted octanol–water partition coefficient (Wildman–Crippen LogP) is 5.82. The number of amides is 1. The number of rotatable bonds is 6. The lowest BCUT2D eigenvalue weighted by atomic mass is 9.99. The molecule has 0 fully saturated rings. The second-order valence-corrected chi connectivity index (χ2v) is 7.25. The summed E-state index contributed by atoms with van der Waals surface area (Å²) in [5.74, 6) is -0.779. The summed E-state index contributed by atoms with van der Waals surface area (Å²) in [5, 5.41) is 1.61. The third-order valence-corrected chi connectivity index (χ3v) is 5.29. The van der Waals surface area contributed by atoms with E-state index < -0.39 is 35.5 Å². The lowest BCUT2D eigenvalue weighted by molar-refractivity contribution is -0.137. The van der Waals surface area contributed by atoms with Gasteiger partial charge in [0.1, 0.15) is 0 Å². The molecule has 1 unspecified atom stereocenters. The second-order valence-electron chi connectivity index (χ2n) is 7.25. The molecule has 0 aliphatic carbocycles. The highest BCUT2D eigenvalue weighted by Gasteiger charge is 2.38. The largest absolute Gasteiger partial charge is 0.417 e. The lowest BCUT2D eigenvalue weighted by Crippen LogP contribution is -2.48. The molecular weight excluding hydrogens is 407 g/mol. The molecule has 3 rings (SSSR count). The van der Waals surface area contributed by atoms with E-state index in [1.165, 1.54) is 37.3 Å². The molecule has 3 aromatic rings. The van der Waals surface area contributed by atoms with Gasteiger partial charge in [-0.3, -0.25) is 9.69 Å². The van der Waals surface area contributed by atoms with E-state index in [-0.39, 0.29) is 0 Å². The molecule has 0 heterocycles. The molecule has 1 atom stereocenters. The maximum Gasteiger partial charge on any atom is 0.417 e. The number of anilines is 1. The average molecular weight is 431 g/mol. The van der Waals surface area contributed by atoms with E-state index in [0.717, 1.165) is 22.4 Å². The molecule has 31 heavy (non-hydrogen) atoms. The molecule has 3 aromatic carbocycles. The zero-order valence-electron chi connectivity index (χ0n) is 17.7. The molecule has 0 saturated heterocycles. The van der Waals surface area contributed by atoms with Gasteiger partial charge in [0.15, 0.2) is 6.29 Å². The Hall–Kier alpha value is -2.90. The van der Waals surface area contributed by atoms with Gasteiger partial charge in [0.25, 0.3) is 5.91 Å². The number of halogens is 3. The standard InChI is InChI=1S/C24H24F3NO3/c1-15-13-14-17-9-5-6-10-18(17)21(15)28(16(2)23(30-3)31-4)22(29)19-11-7-8-12-20(19)24(25,26)27/h5-14,16,23H,1-4H3. The van der Waals surface area contributed by atoms with E-state index in [1.807, 2.05) is 43.3 Å². The number of aryl methyl sites for hydroxylation is 1. The minimum atomic E-state index is -4.67. The Morgan fingerprint density at radius 1 is 0.935 bits per heavy atom. The van der Waals surface area contributed by atoms with Crippen LogP contribution in [0.5, 0.6) is 0 Å². The van der Waals surface area contributed by atoms with Crippen LogP contribution >= 0.6 is 0 Å². The summed E-state index contributed by atoms with van der Waals surface area (Å²) in [6, 6.07) is 15.3. The van der Waals surface area contributed by atoms with Gasteiger partial charge in [0.05, 0.1) is 22.9 Å². The fourth-order valence-electron chi connectivity index (χ4n) is 3.83. The Morgan fingerprint density at radius 2 is 1.55 bits per heavy atom. The third kappa shape index (κ3) is 4.43.